The lowest BCUT2D eigenvalue weighted by atomic mass is 10.4. The molecule has 1 aromatic heterocycles. The van der Waals surface area contributed by atoms with Gasteiger partial charge in [-0.15, -0.1) is 0 Å². The lowest BCUT2D eigenvalue weighted by Crippen LogP contribution is -2.19. The molecule has 70 valence electrons. The molecule has 0 aromatic carbocycles. The van der Waals surface area contributed by atoms with E-state index in [0.717, 1.165) is 6.29 Å². The second-order valence-corrected chi connectivity index (χ2v) is 2.72. The third-order valence-corrected chi connectivity index (χ3v) is 1.79. The van der Waals surface area contributed by atoms with Crippen LogP contribution in [0.5, 0.6) is 0 Å². The third kappa shape index (κ3) is 2.74. The van der Waals surface area contributed by atoms with Crippen LogP contribution >= 0.6 is 0 Å². The van der Waals surface area contributed by atoms with Crippen molar-refractivity contribution in [3.05, 3.63) is 24.0 Å². The SMILES string of the molecule is CNC(=O)CCn1ccc(C=O)c1. The fraction of sp³-hybridized carbons (Fsp3) is 0.333. The molecule has 1 rings (SSSR count). The maximum atomic E-state index is 10.9. The Morgan fingerprint density at radius 1 is 1.69 bits per heavy atom. The summed E-state index contributed by atoms with van der Waals surface area (Å²) < 4.78 is 1.82. The van der Waals surface area contributed by atoms with Crippen molar-refractivity contribution in [3.8, 4) is 0 Å². The molecule has 4 nitrogen and oxygen atoms in total. The summed E-state index contributed by atoms with van der Waals surface area (Å²) in [7, 11) is 1.61. The second-order valence-electron chi connectivity index (χ2n) is 2.72. The Balaban J connectivity index is 2.45. The predicted octanol–water partition coefficient (Wildman–Crippen LogP) is 0.437. The average Bonchev–Trinajstić information content (AvgIpc) is 2.61. The predicted molar refractivity (Wildman–Crippen MR) is 48.5 cm³/mol. The minimum atomic E-state index is 0.00125. The molecule has 1 aromatic rings. The number of aromatic nitrogens is 1. The standard InChI is InChI=1S/C9H12N2O2/c1-10-9(13)3-5-11-4-2-8(6-11)7-12/h2,4,6-7H,3,5H2,1H3,(H,10,13). The van der Waals surface area contributed by atoms with Crippen LogP contribution in [-0.4, -0.2) is 23.8 Å². The van der Waals surface area contributed by atoms with Crippen molar-refractivity contribution in [3.63, 3.8) is 0 Å². The molecule has 0 aliphatic carbocycles. The number of nitrogens with zero attached hydrogens (tertiary/aromatic N) is 1. The molecule has 1 amide bonds. The number of nitrogens with one attached hydrogen (secondary N) is 1. The summed E-state index contributed by atoms with van der Waals surface area (Å²) in [5.41, 5.74) is 0.636. The summed E-state index contributed by atoms with van der Waals surface area (Å²) in [5.74, 6) is 0.00125. The molecule has 0 aliphatic rings. The van der Waals surface area contributed by atoms with Crippen LogP contribution < -0.4 is 5.32 Å². The molecule has 13 heavy (non-hydrogen) atoms. The van der Waals surface area contributed by atoms with Gasteiger partial charge in [-0.25, -0.2) is 0 Å². The van der Waals surface area contributed by atoms with Crippen LogP contribution in [-0.2, 0) is 11.3 Å². The molecule has 0 radical (unpaired) electrons. The number of hydrogen-bond donors (Lipinski definition) is 1. The van der Waals surface area contributed by atoms with Gasteiger partial charge in [0, 0.05) is 38.0 Å². The number of rotatable bonds is 4. The molecule has 0 saturated carbocycles. The van der Waals surface area contributed by atoms with Gasteiger partial charge in [0.2, 0.25) is 5.91 Å². The van der Waals surface area contributed by atoms with Gasteiger partial charge in [-0.2, -0.15) is 0 Å². The Bertz CT molecular complexity index is 304. The van der Waals surface area contributed by atoms with Crippen molar-refractivity contribution in [2.24, 2.45) is 0 Å². The highest BCUT2D eigenvalue weighted by molar-refractivity contribution is 5.75. The molecular formula is C9H12N2O2. The average molecular weight is 180 g/mol. The summed E-state index contributed by atoms with van der Waals surface area (Å²) in [5, 5.41) is 2.53. The van der Waals surface area contributed by atoms with Crippen LogP contribution in [0.3, 0.4) is 0 Å². The molecule has 0 atom stereocenters. The molecular weight excluding hydrogens is 168 g/mol. The normalized spacial score (nSPS) is 9.62. The van der Waals surface area contributed by atoms with Crippen LogP contribution in [0.15, 0.2) is 18.5 Å². The van der Waals surface area contributed by atoms with Crippen LogP contribution in [0.25, 0.3) is 0 Å². The number of carbonyl (C=O) groups excluding carboxylic acids is 2. The van der Waals surface area contributed by atoms with Crippen LogP contribution in [0.2, 0.25) is 0 Å². The summed E-state index contributed by atoms with van der Waals surface area (Å²) in [6.45, 7) is 0.605. The van der Waals surface area contributed by atoms with E-state index in [2.05, 4.69) is 5.32 Å². The molecule has 1 N–H and O–H groups in total. The lowest BCUT2D eigenvalue weighted by molar-refractivity contribution is -0.120. The molecule has 1 heterocycles. The Morgan fingerprint density at radius 2 is 2.46 bits per heavy atom. The van der Waals surface area contributed by atoms with E-state index in [1.165, 1.54) is 0 Å². The van der Waals surface area contributed by atoms with Crippen molar-refractivity contribution < 1.29 is 9.59 Å². The van der Waals surface area contributed by atoms with Gasteiger partial charge in [0.1, 0.15) is 0 Å². The summed E-state index contributed by atoms with van der Waals surface area (Å²) in [6.07, 6.45) is 4.72. The smallest absolute Gasteiger partial charge is 0.221 e. The van der Waals surface area contributed by atoms with E-state index in [1.807, 2.05) is 4.57 Å². The molecule has 0 spiro atoms. The van der Waals surface area contributed by atoms with Crippen molar-refractivity contribution in [2.45, 2.75) is 13.0 Å². The quantitative estimate of drug-likeness (QED) is 0.683. The topological polar surface area (TPSA) is 51.1 Å². The third-order valence-electron chi connectivity index (χ3n) is 1.79. The fourth-order valence-corrected chi connectivity index (χ4v) is 1.02. The molecule has 0 fully saturated rings. The monoisotopic (exact) mass is 180 g/mol. The van der Waals surface area contributed by atoms with E-state index < -0.39 is 0 Å². The zero-order valence-corrected chi connectivity index (χ0v) is 7.49. The van der Waals surface area contributed by atoms with Gasteiger partial charge in [-0.05, 0) is 6.07 Å². The van der Waals surface area contributed by atoms with Crippen molar-refractivity contribution in [2.75, 3.05) is 7.05 Å². The van der Waals surface area contributed by atoms with E-state index >= 15 is 0 Å². The Kier molecular flexibility index (Phi) is 3.25. The first-order chi connectivity index (χ1) is 6.26. The first-order valence-corrected chi connectivity index (χ1v) is 4.08. The second kappa shape index (κ2) is 4.45. The number of amides is 1. The van der Waals surface area contributed by atoms with E-state index in [9.17, 15) is 9.59 Å². The first kappa shape index (κ1) is 9.51. The van der Waals surface area contributed by atoms with Gasteiger partial charge in [0.15, 0.2) is 6.29 Å². The summed E-state index contributed by atoms with van der Waals surface area (Å²) >= 11 is 0. The van der Waals surface area contributed by atoms with E-state index in [-0.39, 0.29) is 5.91 Å². The van der Waals surface area contributed by atoms with Crippen molar-refractivity contribution >= 4 is 12.2 Å². The van der Waals surface area contributed by atoms with Gasteiger partial charge >= 0.3 is 0 Å². The molecule has 0 aliphatic heterocycles. The van der Waals surface area contributed by atoms with Gasteiger partial charge in [0.25, 0.3) is 0 Å². The molecule has 0 saturated heterocycles. The molecule has 0 bridgehead atoms. The number of carbonyl (C=O) groups is 2. The fourth-order valence-electron chi connectivity index (χ4n) is 1.02. The molecule has 4 heteroatoms. The number of hydrogen-bond acceptors (Lipinski definition) is 2. The first-order valence-electron chi connectivity index (χ1n) is 4.08. The number of aldehydes is 1. The zero-order chi connectivity index (χ0) is 9.68. The maximum Gasteiger partial charge on any atom is 0.221 e. The van der Waals surface area contributed by atoms with Gasteiger partial charge in [-0.1, -0.05) is 0 Å². The minimum absolute atomic E-state index is 0.00125. The highest BCUT2D eigenvalue weighted by Gasteiger charge is 1.99. The zero-order valence-electron chi connectivity index (χ0n) is 7.49. The van der Waals surface area contributed by atoms with Crippen molar-refractivity contribution in [1.29, 1.82) is 0 Å². The largest absolute Gasteiger partial charge is 0.359 e. The van der Waals surface area contributed by atoms with Crippen LogP contribution in [0, 0.1) is 0 Å². The Labute approximate surface area is 76.5 Å². The summed E-state index contributed by atoms with van der Waals surface area (Å²) in [6, 6.07) is 1.72. The van der Waals surface area contributed by atoms with E-state index in [0.29, 0.717) is 18.5 Å². The minimum Gasteiger partial charge on any atom is -0.359 e. The highest BCUT2D eigenvalue weighted by Crippen LogP contribution is 1.98. The van der Waals surface area contributed by atoms with Gasteiger partial charge < -0.3 is 9.88 Å². The molecule has 0 unspecified atom stereocenters. The van der Waals surface area contributed by atoms with Gasteiger partial charge in [0.05, 0.1) is 0 Å². The summed E-state index contributed by atoms with van der Waals surface area (Å²) in [4.78, 5) is 21.2. The Morgan fingerprint density at radius 3 is 3.00 bits per heavy atom. The lowest BCUT2D eigenvalue weighted by Gasteiger charge is -2.00. The Hall–Kier alpha value is -1.58. The van der Waals surface area contributed by atoms with Crippen LogP contribution in [0.4, 0.5) is 0 Å². The number of aryl methyl sites for hydroxylation is 1. The maximum absolute atomic E-state index is 10.9. The highest BCUT2D eigenvalue weighted by atomic mass is 16.1. The van der Waals surface area contributed by atoms with E-state index in [1.54, 1.807) is 25.5 Å². The van der Waals surface area contributed by atoms with Crippen LogP contribution in [0.1, 0.15) is 16.8 Å². The van der Waals surface area contributed by atoms with Crippen molar-refractivity contribution in [1.82, 2.24) is 9.88 Å². The van der Waals surface area contributed by atoms with Gasteiger partial charge in [-0.3, -0.25) is 9.59 Å². The van der Waals surface area contributed by atoms with E-state index in [4.69, 9.17) is 0 Å².